The van der Waals surface area contributed by atoms with Crippen LogP contribution >= 0.6 is 15.9 Å². The maximum atomic E-state index is 13.0. The number of nitrogens with zero attached hydrogens (tertiary/aromatic N) is 1. The number of hydrogen-bond donors (Lipinski definition) is 0. The number of ether oxygens (including phenoxy) is 2. The predicted octanol–water partition coefficient (Wildman–Crippen LogP) is 6.52. The van der Waals surface area contributed by atoms with E-state index < -0.39 is 17.3 Å². The standard InChI is InChI=1S/C21H29BrF3NO3/c1-14(13-28-16-5-6-18(22)17(12-16)21(23,24)25)11-15-7-9-26(10-8-15)19(27)29-20(2,3)4/h5-6,12,14-15H,7-11,13H2,1-4H3/t14-/m0/s1. The highest BCUT2D eigenvalue weighted by Gasteiger charge is 2.33. The van der Waals surface area contributed by atoms with Crippen molar-refractivity contribution < 1.29 is 27.4 Å². The molecule has 1 aromatic carbocycles. The van der Waals surface area contributed by atoms with E-state index in [1.165, 1.54) is 12.1 Å². The molecule has 1 heterocycles. The van der Waals surface area contributed by atoms with Crippen LogP contribution in [0, 0.1) is 11.8 Å². The molecule has 1 aliphatic heterocycles. The molecule has 8 heteroatoms. The fourth-order valence-corrected chi connectivity index (χ4v) is 3.84. The number of hydrogen-bond acceptors (Lipinski definition) is 3. The molecule has 0 spiro atoms. The Labute approximate surface area is 178 Å². The molecular weight excluding hydrogens is 451 g/mol. The zero-order valence-corrected chi connectivity index (χ0v) is 18.9. The second-order valence-electron chi connectivity index (χ2n) is 8.70. The van der Waals surface area contributed by atoms with Crippen molar-refractivity contribution in [1.29, 1.82) is 0 Å². The van der Waals surface area contributed by atoms with E-state index in [1.807, 2.05) is 27.7 Å². The van der Waals surface area contributed by atoms with Gasteiger partial charge in [0.2, 0.25) is 0 Å². The van der Waals surface area contributed by atoms with Gasteiger partial charge in [-0.05, 0) is 70.1 Å². The molecule has 0 saturated carbocycles. The molecule has 2 rings (SSSR count). The third-order valence-electron chi connectivity index (χ3n) is 4.78. The average molecular weight is 480 g/mol. The van der Waals surface area contributed by atoms with Crippen LogP contribution in [0.15, 0.2) is 22.7 Å². The highest BCUT2D eigenvalue weighted by atomic mass is 79.9. The van der Waals surface area contributed by atoms with Crippen molar-refractivity contribution in [2.45, 2.75) is 58.7 Å². The maximum Gasteiger partial charge on any atom is 0.417 e. The Balaban J connectivity index is 1.78. The summed E-state index contributed by atoms with van der Waals surface area (Å²) in [5.74, 6) is 0.876. The summed E-state index contributed by atoms with van der Waals surface area (Å²) >= 11 is 2.93. The van der Waals surface area contributed by atoms with E-state index >= 15 is 0 Å². The Kier molecular flexibility index (Phi) is 7.87. The maximum absolute atomic E-state index is 13.0. The van der Waals surface area contributed by atoms with Crippen molar-refractivity contribution in [3.8, 4) is 5.75 Å². The largest absolute Gasteiger partial charge is 0.493 e. The molecule has 0 unspecified atom stereocenters. The number of likely N-dealkylation sites (tertiary alicyclic amines) is 1. The van der Waals surface area contributed by atoms with Crippen LogP contribution in [0.1, 0.15) is 52.5 Å². The van der Waals surface area contributed by atoms with E-state index in [9.17, 15) is 18.0 Å². The number of halogens is 4. The SMILES string of the molecule is C[C@H](COc1ccc(Br)c(C(F)(F)F)c1)CC1CCN(C(=O)OC(C)(C)C)CC1. The molecule has 1 aromatic rings. The second-order valence-corrected chi connectivity index (χ2v) is 9.56. The van der Waals surface area contributed by atoms with Crippen LogP contribution < -0.4 is 4.74 Å². The summed E-state index contributed by atoms with van der Waals surface area (Å²) in [7, 11) is 0. The van der Waals surface area contributed by atoms with Crippen molar-refractivity contribution in [3.05, 3.63) is 28.2 Å². The lowest BCUT2D eigenvalue weighted by Gasteiger charge is -2.34. The Morgan fingerprint density at radius 1 is 1.24 bits per heavy atom. The minimum atomic E-state index is -4.42. The molecule has 1 saturated heterocycles. The Morgan fingerprint density at radius 3 is 2.41 bits per heavy atom. The van der Waals surface area contributed by atoms with Crippen LogP contribution in [-0.4, -0.2) is 36.3 Å². The number of carbonyl (C=O) groups is 1. The minimum absolute atomic E-state index is 0.00199. The quantitative estimate of drug-likeness (QED) is 0.482. The van der Waals surface area contributed by atoms with E-state index in [4.69, 9.17) is 9.47 Å². The number of carbonyl (C=O) groups excluding carboxylic acids is 1. The van der Waals surface area contributed by atoms with Crippen LogP contribution in [0.3, 0.4) is 0 Å². The molecule has 164 valence electrons. The number of alkyl halides is 3. The van der Waals surface area contributed by atoms with E-state index in [2.05, 4.69) is 15.9 Å². The van der Waals surface area contributed by atoms with Gasteiger partial charge in [-0.15, -0.1) is 0 Å². The van der Waals surface area contributed by atoms with Gasteiger partial charge in [0.15, 0.2) is 0 Å². The zero-order chi connectivity index (χ0) is 21.8. The van der Waals surface area contributed by atoms with Gasteiger partial charge >= 0.3 is 12.3 Å². The summed E-state index contributed by atoms with van der Waals surface area (Å²) in [6.45, 7) is 9.26. The van der Waals surface area contributed by atoms with Gasteiger partial charge in [-0.3, -0.25) is 0 Å². The normalized spacial score (nSPS) is 17.2. The van der Waals surface area contributed by atoms with Crippen LogP contribution in [0.4, 0.5) is 18.0 Å². The molecule has 0 bridgehead atoms. The van der Waals surface area contributed by atoms with Crippen LogP contribution in [0.5, 0.6) is 5.75 Å². The third-order valence-corrected chi connectivity index (χ3v) is 5.47. The van der Waals surface area contributed by atoms with Gasteiger partial charge in [0.1, 0.15) is 11.4 Å². The van der Waals surface area contributed by atoms with Crippen molar-refractivity contribution in [2.75, 3.05) is 19.7 Å². The van der Waals surface area contributed by atoms with Gasteiger partial charge in [0.05, 0.1) is 12.2 Å². The lowest BCUT2D eigenvalue weighted by Crippen LogP contribution is -2.42. The molecule has 0 N–H and O–H groups in total. The fraction of sp³-hybridized carbons (Fsp3) is 0.667. The predicted molar refractivity (Wildman–Crippen MR) is 109 cm³/mol. The number of benzene rings is 1. The van der Waals surface area contributed by atoms with Crippen LogP contribution in [-0.2, 0) is 10.9 Å². The van der Waals surface area contributed by atoms with Gasteiger partial charge in [-0.25, -0.2) is 4.79 Å². The van der Waals surface area contributed by atoms with E-state index in [-0.39, 0.29) is 22.2 Å². The van der Waals surface area contributed by atoms with Crippen molar-refractivity contribution in [1.82, 2.24) is 4.90 Å². The van der Waals surface area contributed by atoms with Gasteiger partial charge in [-0.1, -0.05) is 22.9 Å². The van der Waals surface area contributed by atoms with Gasteiger partial charge < -0.3 is 14.4 Å². The molecule has 29 heavy (non-hydrogen) atoms. The topological polar surface area (TPSA) is 38.8 Å². The van der Waals surface area contributed by atoms with E-state index in [1.54, 1.807) is 4.90 Å². The highest BCUT2D eigenvalue weighted by Crippen LogP contribution is 2.37. The summed E-state index contributed by atoms with van der Waals surface area (Å²) in [5.41, 5.74) is -1.24. The Hall–Kier alpha value is -1.44. The highest BCUT2D eigenvalue weighted by molar-refractivity contribution is 9.10. The van der Waals surface area contributed by atoms with Crippen LogP contribution in [0.25, 0.3) is 0 Å². The molecule has 0 aliphatic carbocycles. The Bertz CT molecular complexity index is 695. The first-order chi connectivity index (χ1) is 13.3. The number of rotatable bonds is 5. The monoisotopic (exact) mass is 479 g/mol. The molecule has 1 aliphatic rings. The van der Waals surface area contributed by atoms with Crippen molar-refractivity contribution in [2.24, 2.45) is 11.8 Å². The Morgan fingerprint density at radius 2 is 1.86 bits per heavy atom. The lowest BCUT2D eigenvalue weighted by atomic mass is 9.88. The van der Waals surface area contributed by atoms with Gasteiger partial charge in [0, 0.05) is 17.6 Å². The average Bonchev–Trinajstić information content (AvgIpc) is 2.59. The number of amides is 1. The van der Waals surface area contributed by atoms with Gasteiger partial charge in [-0.2, -0.15) is 13.2 Å². The smallest absolute Gasteiger partial charge is 0.417 e. The second kappa shape index (κ2) is 9.58. The first-order valence-electron chi connectivity index (χ1n) is 9.82. The van der Waals surface area contributed by atoms with E-state index in [0.717, 1.165) is 25.3 Å². The molecule has 1 amide bonds. The first kappa shape index (κ1) is 23.8. The molecule has 4 nitrogen and oxygen atoms in total. The minimum Gasteiger partial charge on any atom is -0.493 e. The van der Waals surface area contributed by atoms with Crippen molar-refractivity contribution in [3.63, 3.8) is 0 Å². The van der Waals surface area contributed by atoms with E-state index in [0.29, 0.717) is 25.6 Å². The molecule has 0 aromatic heterocycles. The summed E-state index contributed by atoms with van der Waals surface area (Å²) in [4.78, 5) is 13.9. The molecule has 1 fully saturated rings. The van der Waals surface area contributed by atoms with Gasteiger partial charge in [0.25, 0.3) is 0 Å². The first-order valence-corrected chi connectivity index (χ1v) is 10.6. The summed E-state index contributed by atoms with van der Waals surface area (Å²) in [5, 5.41) is 0. The number of piperidine rings is 1. The molecule has 1 atom stereocenters. The van der Waals surface area contributed by atoms with Crippen LogP contribution in [0.2, 0.25) is 0 Å². The zero-order valence-electron chi connectivity index (χ0n) is 17.3. The molecular formula is C21H29BrF3NO3. The lowest BCUT2D eigenvalue weighted by molar-refractivity contribution is -0.138. The van der Waals surface area contributed by atoms with Crippen molar-refractivity contribution >= 4 is 22.0 Å². The summed E-state index contributed by atoms with van der Waals surface area (Å²) in [6.07, 6.45) is -2.01. The third kappa shape index (κ3) is 7.72. The molecule has 0 radical (unpaired) electrons. The summed E-state index contributed by atoms with van der Waals surface area (Å²) < 4.78 is 50.0. The fourth-order valence-electron chi connectivity index (χ4n) is 3.36. The summed E-state index contributed by atoms with van der Waals surface area (Å²) in [6, 6.07) is 3.91.